The van der Waals surface area contributed by atoms with Crippen LogP contribution in [0.15, 0.2) is 24.3 Å². The Balaban J connectivity index is 4.07. The maximum Gasteiger partial charge on any atom is 0.306 e. The van der Waals surface area contributed by atoms with Crippen LogP contribution in [-0.4, -0.2) is 70.0 Å². The van der Waals surface area contributed by atoms with Gasteiger partial charge in [0.15, 0.2) is 6.10 Å². The van der Waals surface area contributed by atoms with Gasteiger partial charge in [0.2, 0.25) is 0 Å². The van der Waals surface area contributed by atoms with Crippen molar-refractivity contribution in [2.45, 2.75) is 155 Å². The van der Waals surface area contributed by atoms with Crippen molar-refractivity contribution in [2.24, 2.45) is 0 Å². The summed E-state index contributed by atoms with van der Waals surface area (Å²) >= 11 is 0. The zero-order valence-electron chi connectivity index (χ0n) is 30.7. The number of esters is 2. The number of rotatable bonds is 33. The average Bonchev–Trinajstić information content (AvgIpc) is 3.01. The van der Waals surface area contributed by atoms with Gasteiger partial charge in [-0.3, -0.25) is 14.2 Å². The molecular formula is C37H70NO8P. The molecule has 276 valence electrons. The fourth-order valence-corrected chi connectivity index (χ4v) is 5.45. The Labute approximate surface area is 288 Å². The molecule has 0 aliphatic rings. The molecule has 0 aliphatic carbocycles. The molecule has 0 spiro atoms. The molecule has 0 N–H and O–H groups in total. The van der Waals surface area contributed by atoms with Crippen molar-refractivity contribution in [1.29, 1.82) is 0 Å². The topological polar surface area (TPSA) is 111 Å². The van der Waals surface area contributed by atoms with Gasteiger partial charge in [-0.1, -0.05) is 115 Å². The van der Waals surface area contributed by atoms with Gasteiger partial charge in [0, 0.05) is 12.8 Å². The lowest BCUT2D eigenvalue weighted by molar-refractivity contribution is -0.870. The van der Waals surface area contributed by atoms with Gasteiger partial charge in [0.1, 0.15) is 19.8 Å². The Hall–Kier alpha value is -1.51. The molecule has 0 saturated carbocycles. The lowest BCUT2D eigenvalue weighted by Crippen LogP contribution is -2.37. The van der Waals surface area contributed by atoms with Crippen molar-refractivity contribution in [3.63, 3.8) is 0 Å². The van der Waals surface area contributed by atoms with Crippen LogP contribution in [0, 0.1) is 0 Å². The number of carbonyl (C=O) groups excluding carboxylic acids is 2. The van der Waals surface area contributed by atoms with E-state index in [1.54, 1.807) is 0 Å². The predicted molar refractivity (Wildman–Crippen MR) is 190 cm³/mol. The molecule has 0 aromatic rings. The molecular weight excluding hydrogens is 617 g/mol. The van der Waals surface area contributed by atoms with Crippen LogP contribution in [0.3, 0.4) is 0 Å². The summed E-state index contributed by atoms with van der Waals surface area (Å²) in [5.41, 5.74) is 0. The van der Waals surface area contributed by atoms with Crippen LogP contribution in [0.5, 0.6) is 0 Å². The number of allylic oxidation sites excluding steroid dienone is 4. The fraction of sp³-hybridized carbons (Fsp3) is 0.838. The van der Waals surface area contributed by atoms with E-state index in [1.807, 2.05) is 28.1 Å². The number of quaternary nitrogens is 1. The third-order valence-electron chi connectivity index (χ3n) is 7.72. The zero-order valence-corrected chi connectivity index (χ0v) is 31.6. The largest absolute Gasteiger partial charge is 0.756 e. The average molecular weight is 688 g/mol. The minimum absolute atomic E-state index is 0.0318. The first-order chi connectivity index (χ1) is 22.5. The molecule has 2 atom stereocenters. The highest BCUT2D eigenvalue weighted by Gasteiger charge is 2.21. The van der Waals surface area contributed by atoms with Crippen molar-refractivity contribution < 1.29 is 42.1 Å². The first-order valence-electron chi connectivity index (χ1n) is 18.5. The van der Waals surface area contributed by atoms with Crippen molar-refractivity contribution in [3.8, 4) is 0 Å². The first kappa shape index (κ1) is 45.5. The Morgan fingerprint density at radius 1 is 0.660 bits per heavy atom. The number of hydrogen-bond acceptors (Lipinski definition) is 8. The van der Waals surface area contributed by atoms with Crippen molar-refractivity contribution >= 4 is 19.8 Å². The summed E-state index contributed by atoms with van der Waals surface area (Å²) in [4.78, 5) is 36.6. The summed E-state index contributed by atoms with van der Waals surface area (Å²) in [6, 6.07) is 0. The number of carbonyl (C=O) groups is 2. The predicted octanol–water partition coefficient (Wildman–Crippen LogP) is 8.99. The summed E-state index contributed by atoms with van der Waals surface area (Å²) < 4.78 is 33.3. The van der Waals surface area contributed by atoms with E-state index in [2.05, 4.69) is 31.2 Å². The van der Waals surface area contributed by atoms with E-state index in [-0.39, 0.29) is 26.1 Å². The van der Waals surface area contributed by atoms with Crippen LogP contribution >= 0.6 is 7.82 Å². The molecule has 0 aliphatic heterocycles. The molecule has 9 nitrogen and oxygen atoms in total. The van der Waals surface area contributed by atoms with Gasteiger partial charge < -0.3 is 27.9 Å². The smallest absolute Gasteiger partial charge is 0.306 e. The Bertz CT molecular complexity index is 871. The van der Waals surface area contributed by atoms with Crippen LogP contribution < -0.4 is 4.89 Å². The van der Waals surface area contributed by atoms with Crippen LogP contribution in [-0.2, 0) is 32.7 Å². The van der Waals surface area contributed by atoms with E-state index < -0.39 is 32.5 Å². The Morgan fingerprint density at radius 2 is 1.17 bits per heavy atom. The third kappa shape index (κ3) is 34.2. The quantitative estimate of drug-likeness (QED) is 0.0221. The molecule has 0 fully saturated rings. The SMILES string of the molecule is CCCCCCC/C=C\C/C=C\CCCCCCCCCCCC(=O)OC(COC(=O)CCCC)COP(=O)([O-])OCC[N+](C)(C)C. The van der Waals surface area contributed by atoms with Crippen molar-refractivity contribution in [1.82, 2.24) is 0 Å². The molecule has 0 radical (unpaired) electrons. The molecule has 0 bridgehead atoms. The molecule has 0 heterocycles. The molecule has 47 heavy (non-hydrogen) atoms. The summed E-state index contributed by atoms with van der Waals surface area (Å²) in [7, 11) is 1.16. The number of phosphoric acid groups is 1. The summed E-state index contributed by atoms with van der Waals surface area (Å²) in [5, 5.41) is 0. The van der Waals surface area contributed by atoms with E-state index in [1.165, 1.54) is 70.6 Å². The van der Waals surface area contributed by atoms with Crippen LogP contribution in [0.4, 0.5) is 0 Å². The summed E-state index contributed by atoms with van der Waals surface area (Å²) in [6.07, 6.45) is 30.4. The maximum atomic E-state index is 12.5. The number of nitrogens with zero attached hydrogens (tertiary/aromatic N) is 1. The lowest BCUT2D eigenvalue weighted by Gasteiger charge is -2.28. The number of phosphoric ester groups is 1. The molecule has 0 aromatic carbocycles. The van der Waals surface area contributed by atoms with Crippen molar-refractivity contribution in [2.75, 3.05) is 47.5 Å². The normalized spacial score (nSPS) is 14.1. The number of unbranched alkanes of at least 4 members (excludes halogenated alkanes) is 15. The van der Waals surface area contributed by atoms with E-state index in [0.29, 0.717) is 23.9 Å². The molecule has 0 amide bonds. The fourth-order valence-electron chi connectivity index (χ4n) is 4.72. The zero-order chi connectivity index (χ0) is 35.1. The highest BCUT2D eigenvalue weighted by Crippen LogP contribution is 2.38. The minimum atomic E-state index is -4.60. The van der Waals surface area contributed by atoms with Crippen LogP contribution in [0.25, 0.3) is 0 Å². The molecule has 2 unspecified atom stereocenters. The van der Waals surface area contributed by atoms with Gasteiger partial charge in [-0.2, -0.15) is 0 Å². The minimum Gasteiger partial charge on any atom is -0.756 e. The van der Waals surface area contributed by atoms with Gasteiger partial charge in [-0.15, -0.1) is 0 Å². The van der Waals surface area contributed by atoms with Gasteiger partial charge in [0.25, 0.3) is 7.82 Å². The monoisotopic (exact) mass is 687 g/mol. The number of hydrogen-bond donors (Lipinski definition) is 0. The summed E-state index contributed by atoms with van der Waals surface area (Å²) in [6.45, 7) is 3.93. The number of ether oxygens (including phenoxy) is 2. The number of likely N-dealkylation sites (N-methyl/N-ethyl adjacent to an activating group) is 1. The highest BCUT2D eigenvalue weighted by atomic mass is 31.2. The first-order valence-corrected chi connectivity index (χ1v) is 20.0. The second kappa shape index (κ2) is 30.5. The standard InChI is InChI=1S/C37H70NO8P/c1-6-8-10-11-12-13-14-15-16-17-18-19-20-21-22-23-24-25-26-27-28-30-37(40)46-35(33-43-36(39)29-9-7-2)34-45-47(41,42)44-32-31-38(3,4)5/h14-15,17-18,35H,6-13,16,19-34H2,1-5H3/b15-14-,18-17-. The van der Waals surface area contributed by atoms with Gasteiger partial charge in [-0.05, 0) is 44.9 Å². The second-order valence-corrected chi connectivity index (χ2v) is 15.0. The second-order valence-electron chi connectivity index (χ2n) is 13.6. The Morgan fingerprint density at radius 3 is 1.72 bits per heavy atom. The van der Waals surface area contributed by atoms with E-state index >= 15 is 0 Å². The lowest BCUT2D eigenvalue weighted by atomic mass is 10.1. The molecule has 10 heteroatoms. The van der Waals surface area contributed by atoms with E-state index in [9.17, 15) is 19.0 Å². The van der Waals surface area contributed by atoms with Gasteiger partial charge >= 0.3 is 11.9 Å². The highest BCUT2D eigenvalue weighted by molar-refractivity contribution is 7.45. The molecule has 0 saturated heterocycles. The third-order valence-corrected chi connectivity index (χ3v) is 8.69. The van der Waals surface area contributed by atoms with Gasteiger partial charge in [0.05, 0.1) is 27.7 Å². The van der Waals surface area contributed by atoms with Gasteiger partial charge in [-0.25, -0.2) is 0 Å². The van der Waals surface area contributed by atoms with Crippen molar-refractivity contribution in [3.05, 3.63) is 24.3 Å². The van der Waals surface area contributed by atoms with Crippen LogP contribution in [0.1, 0.15) is 149 Å². The summed E-state index contributed by atoms with van der Waals surface area (Å²) in [5.74, 6) is -0.881. The molecule has 0 rings (SSSR count). The molecule has 0 aromatic heterocycles. The Kier molecular flexibility index (Phi) is 29.6. The van der Waals surface area contributed by atoms with E-state index in [0.717, 1.165) is 38.5 Å². The maximum absolute atomic E-state index is 12.5. The van der Waals surface area contributed by atoms with E-state index in [4.69, 9.17) is 18.5 Å². The van der Waals surface area contributed by atoms with Crippen LogP contribution in [0.2, 0.25) is 0 Å².